The van der Waals surface area contributed by atoms with E-state index in [1.54, 1.807) is 0 Å². The topological polar surface area (TPSA) is 45.7 Å². The average Bonchev–Trinajstić information content (AvgIpc) is 4.12. The van der Waals surface area contributed by atoms with Crippen molar-refractivity contribution in [2.45, 2.75) is 6.92 Å². The van der Waals surface area contributed by atoms with Crippen molar-refractivity contribution in [3.8, 4) is 45.5 Å². The van der Waals surface area contributed by atoms with Crippen molar-refractivity contribution in [2.75, 3.05) is 0 Å². The molecule has 7 nitrogen and oxygen atoms in total. The van der Waals surface area contributed by atoms with Crippen molar-refractivity contribution in [1.82, 2.24) is 23.3 Å². The molecule has 0 atom stereocenters. The van der Waals surface area contributed by atoms with Crippen molar-refractivity contribution in [1.29, 1.82) is 0 Å². The standard InChI is InChI=1S/C62H42N6O/c1-40-35-61(68-55-28-12-7-23-48(55)49-34-33-43(37-60(49)68)69-42-18-15-17-41(36-42)65-39-64(2)56-29-13-14-30-57(56)65)63-38-50(40)62-58(66-51-24-8-3-19-44(51)45-20-4-9-25-52(45)66)31-16-32-59(62)67-53-26-10-5-21-46(53)47-22-6-11-27-54(47)67/h3-38H,1-2H3. The lowest BCUT2D eigenvalue weighted by atomic mass is 9.98. The second-order valence-corrected chi connectivity index (χ2v) is 17.9. The quantitative estimate of drug-likeness (QED) is 0.118. The summed E-state index contributed by atoms with van der Waals surface area (Å²) < 4.78 is 18.0. The maximum absolute atomic E-state index is 6.70. The van der Waals surface area contributed by atoms with Crippen molar-refractivity contribution in [2.24, 2.45) is 7.05 Å². The van der Waals surface area contributed by atoms with Gasteiger partial charge in [0.05, 0.1) is 68.2 Å². The number of benzene rings is 9. The highest BCUT2D eigenvalue weighted by atomic mass is 16.5. The van der Waals surface area contributed by atoms with Crippen LogP contribution in [-0.2, 0) is 7.05 Å². The average molecular weight is 887 g/mol. The van der Waals surface area contributed by atoms with Crippen LogP contribution in [0.3, 0.4) is 0 Å². The molecule has 0 saturated carbocycles. The van der Waals surface area contributed by atoms with Gasteiger partial charge in [0.25, 0.3) is 0 Å². The largest absolute Gasteiger partial charge is 0.458 e. The fourth-order valence-corrected chi connectivity index (χ4v) is 10.9. The Morgan fingerprint density at radius 2 is 0.913 bits per heavy atom. The van der Waals surface area contributed by atoms with Gasteiger partial charge in [-0.25, -0.2) is 4.98 Å². The zero-order valence-electron chi connectivity index (χ0n) is 37.9. The lowest BCUT2D eigenvalue weighted by Crippen LogP contribution is -2.26. The first-order valence-electron chi connectivity index (χ1n) is 23.4. The molecule has 0 spiro atoms. The molecule has 14 rings (SSSR count). The van der Waals surface area contributed by atoms with E-state index in [9.17, 15) is 0 Å². The smallest absolute Gasteiger partial charge is 0.244 e. The normalized spacial score (nSPS) is 11.9. The predicted molar refractivity (Wildman–Crippen MR) is 281 cm³/mol. The SMILES string of the molecule is Cc1cc(-n2c3ccccc3c3ccc(Oc4cccc(-n5[c-][n+](C)c6ccccc65)c4)cc32)ncc1-c1c(-n2c3ccccc3c3ccccc32)cccc1-n1c2ccccc2c2ccccc21. The van der Waals surface area contributed by atoms with Crippen LogP contribution in [-0.4, -0.2) is 23.3 Å². The molecule has 0 amide bonds. The molecule has 0 aliphatic carbocycles. The Bertz CT molecular complexity index is 4150. The Morgan fingerprint density at radius 1 is 0.435 bits per heavy atom. The number of para-hydroxylation sites is 7. The number of fused-ring (bicyclic) bond motifs is 10. The molecule has 0 unspecified atom stereocenters. The summed E-state index contributed by atoms with van der Waals surface area (Å²) in [4.78, 5) is 5.43. The molecule has 326 valence electrons. The van der Waals surface area contributed by atoms with Gasteiger partial charge in [-0.1, -0.05) is 133 Å². The first kappa shape index (κ1) is 39.0. The minimum Gasteiger partial charge on any atom is -0.458 e. The molecular weight excluding hydrogens is 845 g/mol. The predicted octanol–water partition coefficient (Wildman–Crippen LogP) is 14.7. The zero-order valence-corrected chi connectivity index (χ0v) is 37.9. The summed E-state index contributed by atoms with van der Waals surface area (Å²) in [5.41, 5.74) is 15.3. The number of imidazole rings is 1. The molecule has 0 saturated heterocycles. The van der Waals surface area contributed by atoms with Crippen LogP contribution in [0.1, 0.15) is 5.56 Å². The number of aromatic nitrogens is 6. The highest BCUT2D eigenvalue weighted by Gasteiger charge is 2.24. The van der Waals surface area contributed by atoms with E-state index in [0.29, 0.717) is 0 Å². The Morgan fingerprint density at radius 3 is 1.48 bits per heavy atom. The number of ether oxygens (including phenoxy) is 1. The van der Waals surface area contributed by atoms with Crippen LogP contribution in [0.2, 0.25) is 0 Å². The maximum Gasteiger partial charge on any atom is 0.244 e. The van der Waals surface area contributed by atoms with Gasteiger partial charge in [-0.3, -0.25) is 4.57 Å². The van der Waals surface area contributed by atoms with Crippen LogP contribution >= 0.6 is 0 Å². The number of hydrogen-bond donors (Lipinski definition) is 0. The summed E-state index contributed by atoms with van der Waals surface area (Å²) in [6, 6.07) is 75.4. The molecule has 0 radical (unpaired) electrons. The Labute approximate surface area is 397 Å². The number of pyridine rings is 1. The van der Waals surface area contributed by atoms with Gasteiger partial charge in [0, 0.05) is 55.7 Å². The summed E-state index contributed by atoms with van der Waals surface area (Å²) in [6.07, 6.45) is 5.54. The van der Waals surface area contributed by atoms with Gasteiger partial charge in [0.15, 0.2) is 0 Å². The first-order chi connectivity index (χ1) is 34.1. The molecule has 5 heterocycles. The molecule has 0 aliphatic heterocycles. The molecule has 5 aromatic heterocycles. The van der Waals surface area contributed by atoms with Crippen LogP contribution in [0, 0.1) is 13.3 Å². The van der Waals surface area contributed by atoms with E-state index in [1.807, 2.05) is 23.7 Å². The van der Waals surface area contributed by atoms with E-state index in [1.165, 1.54) is 21.5 Å². The fourth-order valence-electron chi connectivity index (χ4n) is 10.9. The van der Waals surface area contributed by atoms with Crippen molar-refractivity contribution < 1.29 is 9.30 Å². The molecular formula is C62H42N6O. The van der Waals surface area contributed by atoms with Gasteiger partial charge < -0.3 is 23.0 Å². The second kappa shape index (κ2) is 15.2. The van der Waals surface area contributed by atoms with Gasteiger partial charge in [0.2, 0.25) is 6.33 Å². The van der Waals surface area contributed by atoms with E-state index in [2.05, 4.69) is 238 Å². The number of hydrogen-bond acceptors (Lipinski definition) is 2. The first-order valence-corrected chi connectivity index (χ1v) is 23.4. The van der Waals surface area contributed by atoms with Crippen molar-refractivity contribution >= 4 is 76.5 Å². The van der Waals surface area contributed by atoms with Crippen molar-refractivity contribution in [3.05, 3.63) is 230 Å². The Hall–Kier alpha value is -9.20. The van der Waals surface area contributed by atoms with Gasteiger partial charge >= 0.3 is 0 Å². The van der Waals surface area contributed by atoms with Gasteiger partial charge in [-0.05, 0) is 85.3 Å². The van der Waals surface area contributed by atoms with Gasteiger partial charge in [-0.15, -0.1) is 0 Å². The zero-order chi connectivity index (χ0) is 45.7. The van der Waals surface area contributed by atoms with Crippen LogP contribution in [0.4, 0.5) is 0 Å². The highest BCUT2D eigenvalue weighted by Crippen LogP contribution is 2.44. The van der Waals surface area contributed by atoms with E-state index < -0.39 is 0 Å². The van der Waals surface area contributed by atoms with E-state index in [4.69, 9.17) is 9.72 Å². The van der Waals surface area contributed by atoms with Gasteiger partial charge in [0.1, 0.15) is 17.3 Å². The summed E-state index contributed by atoms with van der Waals surface area (Å²) in [6.45, 7) is 2.22. The molecule has 14 aromatic rings. The lowest BCUT2D eigenvalue weighted by Gasteiger charge is -2.21. The molecule has 0 aliphatic rings. The van der Waals surface area contributed by atoms with E-state index >= 15 is 0 Å². The molecule has 0 N–H and O–H groups in total. The molecule has 9 aromatic carbocycles. The fraction of sp³-hybridized carbons (Fsp3) is 0.0323. The van der Waals surface area contributed by atoms with Crippen LogP contribution < -0.4 is 9.30 Å². The third-order valence-electron chi connectivity index (χ3n) is 13.9. The minimum atomic E-state index is 0.736. The molecule has 69 heavy (non-hydrogen) atoms. The third kappa shape index (κ3) is 5.93. The number of nitrogens with zero attached hydrogens (tertiary/aromatic N) is 6. The number of rotatable bonds is 7. The highest BCUT2D eigenvalue weighted by molar-refractivity contribution is 6.12. The Balaban J connectivity index is 0.953. The van der Waals surface area contributed by atoms with E-state index in [-0.39, 0.29) is 0 Å². The monoisotopic (exact) mass is 886 g/mol. The van der Waals surface area contributed by atoms with Gasteiger partial charge in [-0.2, -0.15) is 0 Å². The van der Waals surface area contributed by atoms with Crippen LogP contribution in [0.15, 0.2) is 219 Å². The number of aryl methyl sites for hydroxylation is 2. The van der Waals surface area contributed by atoms with E-state index in [0.717, 1.165) is 106 Å². The summed E-state index contributed by atoms with van der Waals surface area (Å²) in [5, 5.41) is 7.15. The van der Waals surface area contributed by atoms with Crippen molar-refractivity contribution in [3.63, 3.8) is 0 Å². The minimum absolute atomic E-state index is 0.736. The second-order valence-electron chi connectivity index (χ2n) is 17.9. The van der Waals surface area contributed by atoms with Crippen LogP contribution in [0.25, 0.3) is 110 Å². The molecule has 0 fully saturated rings. The Kier molecular flexibility index (Phi) is 8.58. The lowest BCUT2D eigenvalue weighted by molar-refractivity contribution is -0.649. The third-order valence-corrected chi connectivity index (χ3v) is 13.9. The maximum atomic E-state index is 6.70. The molecule has 0 bridgehead atoms. The summed E-state index contributed by atoms with van der Waals surface area (Å²) in [5.74, 6) is 2.31. The molecule has 7 heteroatoms. The summed E-state index contributed by atoms with van der Waals surface area (Å²) >= 11 is 0. The summed E-state index contributed by atoms with van der Waals surface area (Å²) in [7, 11) is 2.02. The van der Waals surface area contributed by atoms with Crippen LogP contribution in [0.5, 0.6) is 11.5 Å².